The van der Waals surface area contributed by atoms with Gasteiger partial charge in [0.25, 0.3) is 0 Å². The maximum atomic E-state index is 12.6. The Morgan fingerprint density at radius 3 is 1.71 bits per heavy atom. The largest absolute Gasteiger partial charge is 0.466 e. The fraction of sp³-hybridized carbons (Fsp3) is 0.514. The van der Waals surface area contributed by atoms with E-state index in [1.807, 2.05) is 6.08 Å². The van der Waals surface area contributed by atoms with Gasteiger partial charge in [0.1, 0.15) is 11.6 Å². The second kappa shape index (κ2) is 27.6. The molecule has 0 saturated heterocycles. The van der Waals surface area contributed by atoms with Crippen LogP contribution in [0.5, 0.6) is 0 Å². The van der Waals surface area contributed by atoms with Crippen molar-refractivity contribution >= 4 is 23.8 Å². The average molecular weight is 625 g/mol. The third-order valence-electron chi connectivity index (χ3n) is 5.96. The fourth-order valence-corrected chi connectivity index (χ4v) is 3.70. The summed E-state index contributed by atoms with van der Waals surface area (Å²) in [6, 6.07) is -0.872. The van der Waals surface area contributed by atoms with E-state index in [0.29, 0.717) is 38.6 Å². The minimum Gasteiger partial charge on any atom is -0.466 e. The summed E-state index contributed by atoms with van der Waals surface area (Å²) in [7, 11) is 1.21. The Hall–Kier alpha value is -3.94. The van der Waals surface area contributed by atoms with Crippen LogP contribution in [0.2, 0.25) is 0 Å². The molecule has 0 aromatic rings. The Kier molecular flexibility index (Phi) is 25.2. The third kappa shape index (κ3) is 28.6. The molecule has 8 heteroatoms. The molecule has 45 heavy (non-hydrogen) atoms. The van der Waals surface area contributed by atoms with Gasteiger partial charge in [0.15, 0.2) is 0 Å². The van der Waals surface area contributed by atoms with Crippen LogP contribution in [0.3, 0.4) is 0 Å². The number of hydrogen-bond donors (Lipinski definition) is 2. The normalized spacial score (nSPS) is 13.3. The molecule has 0 aromatic carbocycles. The summed E-state index contributed by atoms with van der Waals surface area (Å²) >= 11 is 0. The van der Waals surface area contributed by atoms with Crippen molar-refractivity contribution in [1.29, 1.82) is 0 Å². The number of hydrogen-bond acceptors (Lipinski definition) is 6. The van der Waals surface area contributed by atoms with E-state index in [0.717, 1.165) is 50.7 Å². The topological polar surface area (TPSA) is 111 Å². The molecule has 1 unspecified atom stereocenters. The Bertz CT molecular complexity index is 1060. The maximum absolute atomic E-state index is 12.6. The molecule has 8 nitrogen and oxygen atoms in total. The summed E-state index contributed by atoms with van der Waals surface area (Å²) in [5.41, 5.74) is -0.709. The quantitative estimate of drug-likeness (QED) is 0.0534. The van der Waals surface area contributed by atoms with Crippen molar-refractivity contribution in [2.24, 2.45) is 0 Å². The minimum atomic E-state index is -0.872. The predicted octanol–water partition coefficient (Wildman–Crippen LogP) is 7.31. The average Bonchev–Trinajstić information content (AvgIpc) is 2.99. The van der Waals surface area contributed by atoms with Gasteiger partial charge >= 0.3 is 11.9 Å². The van der Waals surface area contributed by atoms with Crippen LogP contribution in [0.15, 0.2) is 85.1 Å². The summed E-state index contributed by atoms with van der Waals surface area (Å²) in [5.74, 6) is -1.85. The number of methoxy groups -OCH3 is 1. The van der Waals surface area contributed by atoms with E-state index < -0.39 is 29.5 Å². The highest BCUT2D eigenvalue weighted by molar-refractivity contribution is 5.96. The zero-order chi connectivity index (χ0) is 33.6. The van der Waals surface area contributed by atoms with Gasteiger partial charge in [-0.25, -0.2) is 9.59 Å². The van der Waals surface area contributed by atoms with Gasteiger partial charge in [0.2, 0.25) is 11.8 Å². The summed E-state index contributed by atoms with van der Waals surface area (Å²) in [4.78, 5) is 48.1. The molecule has 0 aliphatic heterocycles. The third-order valence-corrected chi connectivity index (χ3v) is 5.96. The highest BCUT2D eigenvalue weighted by Crippen LogP contribution is 2.12. The lowest BCUT2D eigenvalue weighted by Crippen LogP contribution is -2.43. The molecule has 2 N–H and O–H groups in total. The Morgan fingerprint density at radius 1 is 0.711 bits per heavy atom. The molecule has 0 spiro atoms. The SMILES string of the molecule is CCC=CCC=CCC=CCC=CCC=CCC=CCCC(=O)NCCCCC(NC(=O)C=CC(=O)OC)C(=O)OC(C)(C)C. The molecular formula is C37H56N2O6. The Morgan fingerprint density at radius 2 is 1.22 bits per heavy atom. The van der Waals surface area contributed by atoms with E-state index in [2.05, 4.69) is 89.1 Å². The molecule has 250 valence electrons. The number of nitrogens with one attached hydrogen (secondary N) is 2. The Balaban J connectivity index is 4.13. The summed E-state index contributed by atoms with van der Waals surface area (Å²) in [6.07, 6.45) is 36.2. The van der Waals surface area contributed by atoms with Gasteiger partial charge in [-0.15, -0.1) is 0 Å². The van der Waals surface area contributed by atoms with Gasteiger partial charge in [-0.3, -0.25) is 9.59 Å². The first-order valence-electron chi connectivity index (χ1n) is 16.0. The monoisotopic (exact) mass is 624 g/mol. The highest BCUT2D eigenvalue weighted by Gasteiger charge is 2.25. The van der Waals surface area contributed by atoms with Crippen molar-refractivity contribution in [2.75, 3.05) is 13.7 Å². The molecule has 0 aromatic heterocycles. The number of ether oxygens (including phenoxy) is 2. The summed E-state index contributed by atoms with van der Waals surface area (Å²) in [5, 5.41) is 5.47. The number of carbonyl (C=O) groups excluding carboxylic acids is 4. The first-order chi connectivity index (χ1) is 21.6. The number of rotatable bonds is 23. The lowest BCUT2D eigenvalue weighted by molar-refractivity contribution is -0.158. The van der Waals surface area contributed by atoms with Crippen LogP contribution in [0.25, 0.3) is 0 Å². The molecule has 0 aliphatic carbocycles. The van der Waals surface area contributed by atoms with Gasteiger partial charge < -0.3 is 20.1 Å². The van der Waals surface area contributed by atoms with Crippen LogP contribution in [0.4, 0.5) is 0 Å². The summed E-state index contributed by atoms with van der Waals surface area (Å²) < 4.78 is 9.88. The van der Waals surface area contributed by atoms with E-state index >= 15 is 0 Å². The molecule has 1 atom stereocenters. The lowest BCUT2D eigenvalue weighted by Gasteiger charge is -2.24. The first-order valence-corrected chi connectivity index (χ1v) is 16.0. The van der Waals surface area contributed by atoms with E-state index in [-0.39, 0.29) is 5.91 Å². The van der Waals surface area contributed by atoms with Crippen LogP contribution in [0, 0.1) is 0 Å². The van der Waals surface area contributed by atoms with Crippen molar-refractivity contribution in [1.82, 2.24) is 10.6 Å². The van der Waals surface area contributed by atoms with Crippen LogP contribution < -0.4 is 10.6 Å². The second-order valence-electron chi connectivity index (χ2n) is 11.3. The van der Waals surface area contributed by atoms with Crippen molar-refractivity contribution in [3.8, 4) is 0 Å². The molecule has 0 aliphatic rings. The molecular weight excluding hydrogens is 568 g/mol. The second-order valence-corrected chi connectivity index (χ2v) is 11.3. The molecule has 0 bridgehead atoms. The van der Waals surface area contributed by atoms with Crippen molar-refractivity contribution in [3.05, 3.63) is 85.1 Å². The van der Waals surface area contributed by atoms with Crippen LogP contribution in [-0.4, -0.2) is 49.1 Å². The van der Waals surface area contributed by atoms with Crippen LogP contribution in [-0.2, 0) is 28.7 Å². The van der Waals surface area contributed by atoms with Crippen molar-refractivity contribution < 1.29 is 28.7 Å². The maximum Gasteiger partial charge on any atom is 0.330 e. The molecule has 0 rings (SSSR count). The van der Waals surface area contributed by atoms with Gasteiger partial charge in [0.05, 0.1) is 7.11 Å². The molecule has 0 radical (unpaired) electrons. The van der Waals surface area contributed by atoms with E-state index in [4.69, 9.17) is 4.74 Å². The molecule has 0 fully saturated rings. The minimum absolute atomic E-state index is 0.0283. The number of carbonyl (C=O) groups is 4. The number of amides is 2. The zero-order valence-corrected chi connectivity index (χ0v) is 28.1. The Labute approximate surface area is 271 Å². The fourth-order valence-electron chi connectivity index (χ4n) is 3.70. The van der Waals surface area contributed by atoms with Gasteiger partial charge in [-0.05, 0) is 85.0 Å². The van der Waals surface area contributed by atoms with Crippen molar-refractivity contribution in [2.45, 2.75) is 110 Å². The first kappa shape index (κ1) is 41.1. The highest BCUT2D eigenvalue weighted by atomic mass is 16.6. The zero-order valence-electron chi connectivity index (χ0n) is 28.1. The molecule has 0 saturated carbocycles. The van der Waals surface area contributed by atoms with Gasteiger partial charge in [-0.2, -0.15) is 0 Å². The number of allylic oxidation sites excluding steroid dienone is 12. The molecule has 0 heterocycles. The van der Waals surface area contributed by atoms with Crippen LogP contribution >= 0.6 is 0 Å². The summed E-state index contributed by atoms with van der Waals surface area (Å²) in [6.45, 7) is 7.85. The van der Waals surface area contributed by atoms with Crippen molar-refractivity contribution in [3.63, 3.8) is 0 Å². The van der Waals surface area contributed by atoms with Gasteiger partial charge in [0, 0.05) is 25.1 Å². The lowest BCUT2D eigenvalue weighted by atomic mass is 10.1. The smallest absolute Gasteiger partial charge is 0.330 e. The number of esters is 2. The van der Waals surface area contributed by atoms with E-state index in [1.54, 1.807) is 20.8 Å². The number of unbranched alkanes of at least 4 members (excludes halogenated alkanes) is 1. The standard InChI is InChI=1S/C37H56N2O6/c1-6-7-8-9-10-11-12-13-14-15-16-17-18-19-20-21-22-23-24-28-33(40)38-31-26-25-27-32(36(43)45-37(2,3)4)39-34(41)29-30-35(42)44-5/h7-8,10-11,13-14,16-17,19-20,22-23,29-30,32H,6,9,12,15,18,21,24-28,31H2,1-5H3,(H,38,40)(H,39,41). The molecule has 2 amide bonds. The van der Waals surface area contributed by atoms with Gasteiger partial charge in [-0.1, -0.05) is 79.8 Å². The van der Waals surface area contributed by atoms with Crippen LogP contribution in [0.1, 0.15) is 98.3 Å². The van der Waals surface area contributed by atoms with E-state index in [9.17, 15) is 19.2 Å². The predicted molar refractivity (Wildman–Crippen MR) is 183 cm³/mol. The van der Waals surface area contributed by atoms with E-state index in [1.165, 1.54) is 7.11 Å².